The van der Waals surface area contributed by atoms with Crippen LogP contribution in [-0.2, 0) is 26.8 Å². The molecule has 0 aliphatic heterocycles. The van der Waals surface area contributed by atoms with Gasteiger partial charge in [-0.1, -0.05) is 91.0 Å². The van der Waals surface area contributed by atoms with E-state index in [0.29, 0.717) is 6.10 Å². The zero-order valence-corrected chi connectivity index (χ0v) is 25.0. The van der Waals surface area contributed by atoms with E-state index in [2.05, 4.69) is 96.3 Å². The summed E-state index contributed by atoms with van der Waals surface area (Å²) in [7, 11) is 3.72. The summed E-state index contributed by atoms with van der Waals surface area (Å²) < 4.78 is 11.8. The minimum Gasteiger partial charge on any atom is -0.380 e. The van der Waals surface area contributed by atoms with Gasteiger partial charge in [0, 0.05) is 42.7 Å². The van der Waals surface area contributed by atoms with Crippen molar-refractivity contribution in [2.24, 2.45) is 5.73 Å². The number of hydrogen-bond donors (Lipinski definition) is 2. The first-order chi connectivity index (χ1) is 19.9. The maximum absolute atomic E-state index is 6.42. The Kier molecular flexibility index (Phi) is 8.13. The minimum absolute atomic E-state index is 0.0389. The number of benzene rings is 3. The fourth-order valence-electron chi connectivity index (χ4n) is 8.78. The van der Waals surface area contributed by atoms with Gasteiger partial charge in [-0.25, -0.2) is 0 Å². The SMILES string of the molecule is COC1CC2(N)CCC1(c1ccccc1)CC2.COC1CC2(NCc3ccccc3)CCC1(c1ccccc1)CC2. The van der Waals surface area contributed by atoms with Crippen LogP contribution in [0.25, 0.3) is 0 Å². The summed E-state index contributed by atoms with van der Waals surface area (Å²) in [5.74, 6) is 0. The molecular formula is C37H48N2O2. The topological polar surface area (TPSA) is 56.5 Å². The highest BCUT2D eigenvalue weighted by molar-refractivity contribution is 5.33. The van der Waals surface area contributed by atoms with Crippen molar-refractivity contribution in [2.45, 2.75) is 105 Å². The molecule has 6 aliphatic rings. The Morgan fingerprint density at radius 2 is 1.05 bits per heavy atom. The minimum atomic E-state index is 0.0389. The molecule has 0 saturated heterocycles. The number of nitrogens with one attached hydrogen (secondary N) is 1. The summed E-state index contributed by atoms with van der Waals surface area (Å²) >= 11 is 0. The normalized spacial score (nSPS) is 35.5. The lowest BCUT2D eigenvalue weighted by molar-refractivity contribution is -0.0729. The molecule has 6 aliphatic carbocycles. The van der Waals surface area contributed by atoms with E-state index in [1.165, 1.54) is 55.2 Å². The van der Waals surface area contributed by atoms with E-state index in [4.69, 9.17) is 15.2 Å². The van der Waals surface area contributed by atoms with Gasteiger partial charge in [0.25, 0.3) is 0 Å². The molecule has 3 N–H and O–H groups in total. The number of rotatable bonds is 7. The predicted octanol–water partition coefficient (Wildman–Crippen LogP) is 7.06. The third kappa shape index (κ3) is 5.41. The van der Waals surface area contributed by atoms with Gasteiger partial charge in [-0.15, -0.1) is 0 Å². The van der Waals surface area contributed by atoms with Crippen molar-refractivity contribution in [3.8, 4) is 0 Å². The first-order valence-corrected chi connectivity index (χ1v) is 15.7. The second kappa shape index (κ2) is 11.6. The molecule has 2 unspecified atom stereocenters. The largest absolute Gasteiger partial charge is 0.380 e. The highest BCUT2D eigenvalue weighted by Crippen LogP contribution is 2.55. The monoisotopic (exact) mass is 552 g/mol. The van der Waals surface area contributed by atoms with Crippen molar-refractivity contribution in [2.75, 3.05) is 14.2 Å². The smallest absolute Gasteiger partial charge is 0.0685 e. The van der Waals surface area contributed by atoms with Crippen LogP contribution < -0.4 is 11.1 Å². The summed E-state index contributed by atoms with van der Waals surface area (Å²) in [4.78, 5) is 0. The van der Waals surface area contributed by atoms with E-state index in [1.807, 2.05) is 14.2 Å². The van der Waals surface area contributed by atoms with E-state index in [1.54, 1.807) is 0 Å². The van der Waals surface area contributed by atoms with Crippen molar-refractivity contribution in [1.82, 2.24) is 5.32 Å². The Labute approximate surface area is 247 Å². The number of ether oxygens (including phenoxy) is 2. The molecule has 2 atom stereocenters. The molecule has 4 heteroatoms. The van der Waals surface area contributed by atoms with Crippen molar-refractivity contribution in [3.05, 3.63) is 108 Å². The third-order valence-electron chi connectivity index (χ3n) is 11.4. The van der Waals surface area contributed by atoms with Crippen LogP contribution in [0, 0.1) is 0 Å². The summed E-state index contributed by atoms with van der Waals surface area (Å²) in [6, 6.07) is 32.6. The number of fused-ring (bicyclic) bond motifs is 6. The van der Waals surface area contributed by atoms with Gasteiger partial charge >= 0.3 is 0 Å². The van der Waals surface area contributed by atoms with Crippen LogP contribution in [0.5, 0.6) is 0 Å². The molecule has 41 heavy (non-hydrogen) atoms. The van der Waals surface area contributed by atoms with Crippen molar-refractivity contribution in [3.63, 3.8) is 0 Å². The van der Waals surface area contributed by atoms with Crippen molar-refractivity contribution >= 4 is 0 Å². The standard InChI is InChI=1S/C22H27NO.C15H21NO/c1-24-20-16-21(23-17-18-8-4-2-5-9-18)12-14-22(20,15-13-21)19-10-6-3-7-11-19;1-17-13-11-14(16)7-9-15(13,10-8-14)12-5-3-2-4-6-12/h2-11,20,23H,12-17H2,1H3;2-6,13H,7-11,16H2,1H3. The maximum Gasteiger partial charge on any atom is 0.0685 e. The van der Waals surface area contributed by atoms with Gasteiger partial charge in [-0.05, 0) is 80.9 Å². The van der Waals surface area contributed by atoms with Crippen molar-refractivity contribution in [1.29, 1.82) is 0 Å². The van der Waals surface area contributed by atoms with Crippen LogP contribution in [0.15, 0.2) is 91.0 Å². The quantitative estimate of drug-likeness (QED) is 0.329. The van der Waals surface area contributed by atoms with Crippen LogP contribution in [0.1, 0.15) is 80.9 Å². The Morgan fingerprint density at radius 1 is 0.610 bits per heavy atom. The predicted molar refractivity (Wildman–Crippen MR) is 167 cm³/mol. The van der Waals surface area contributed by atoms with E-state index in [-0.39, 0.29) is 28.0 Å². The molecule has 0 aromatic heterocycles. The van der Waals surface area contributed by atoms with Gasteiger partial charge in [0.1, 0.15) is 0 Å². The molecule has 4 bridgehead atoms. The number of hydrogen-bond acceptors (Lipinski definition) is 4. The lowest BCUT2D eigenvalue weighted by Gasteiger charge is -2.58. The Hall–Kier alpha value is -2.50. The van der Waals surface area contributed by atoms with Crippen molar-refractivity contribution < 1.29 is 9.47 Å². The molecule has 218 valence electrons. The lowest BCUT2D eigenvalue weighted by Crippen LogP contribution is -2.62. The molecule has 6 saturated carbocycles. The first kappa shape index (κ1) is 28.6. The maximum atomic E-state index is 6.42. The highest BCUT2D eigenvalue weighted by Gasteiger charge is 2.55. The van der Waals surface area contributed by atoms with E-state index in [9.17, 15) is 0 Å². The Balaban J connectivity index is 0.000000156. The average Bonchev–Trinajstić information content (AvgIpc) is 3.06. The second-order valence-corrected chi connectivity index (χ2v) is 13.4. The number of nitrogens with two attached hydrogens (primary N) is 1. The zero-order valence-electron chi connectivity index (χ0n) is 25.0. The van der Waals surface area contributed by atoms with Gasteiger partial charge in [-0.3, -0.25) is 0 Å². The van der Waals surface area contributed by atoms with Crippen LogP contribution in [0.4, 0.5) is 0 Å². The molecule has 9 rings (SSSR count). The highest BCUT2D eigenvalue weighted by atomic mass is 16.5. The molecule has 4 nitrogen and oxygen atoms in total. The van der Waals surface area contributed by atoms with E-state index < -0.39 is 0 Å². The van der Waals surface area contributed by atoms with Gasteiger partial charge in [0.05, 0.1) is 12.2 Å². The average molecular weight is 553 g/mol. The third-order valence-corrected chi connectivity index (χ3v) is 11.4. The fraction of sp³-hybridized carbons (Fsp3) is 0.514. The second-order valence-electron chi connectivity index (χ2n) is 13.4. The molecule has 0 spiro atoms. The molecule has 0 heterocycles. The van der Waals surface area contributed by atoms with Gasteiger partial charge in [-0.2, -0.15) is 0 Å². The van der Waals surface area contributed by atoms with Gasteiger partial charge in [0.15, 0.2) is 0 Å². The summed E-state index contributed by atoms with van der Waals surface area (Å²) in [5.41, 5.74) is 11.4. The molecule has 0 amide bonds. The van der Waals surface area contributed by atoms with Gasteiger partial charge in [0.2, 0.25) is 0 Å². The van der Waals surface area contributed by atoms with Crippen LogP contribution in [0.2, 0.25) is 0 Å². The lowest BCUT2D eigenvalue weighted by atomic mass is 9.53. The molecule has 6 fully saturated rings. The molecule has 3 aromatic carbocycles. The molecule has 0 radical (unpaired) electrons. The van der Waals surface area contributed by atoms with Crippen LogP contribution >= 0.6 is 0 Å². The Morgan fingerprint density at radius 3 is 1.54 bits per heavy atom. The van der Waals surface area contributed by atoms with Crippen LogP contribution in [-0.4, -0.2) is 37.5 Å². The van der Waals surface area contributed by atoms with E-state index >= 15 is 0 Å². The summed E-state index contributed by atoms with van der Waals surface area (Å²) in [6.07, 6.45) is 12.3. The van der Waals surface area contributed by atoms with Gasteiger partial charge < -0.3 is 20.5 Å². The summed E-state index contributed by atoms with van der Waals surface area (Å²) in [6.45, 7) is 0.954. The van der Waals surface area contributed by atoms with E-state index in [0.717, 1.165) is 32.2 Å². The molecule has 3 aromatic rings. The zero-order chi connectivity index (χ0) is 28.4. The Bertz CT molecular complexity index is 1250. The summed E-state index contributed by atoms with van der Waals surface area (Å²) in [5, 5.41) is 3.89. The fourth-order valence-corrected chi connectivity index (χ4v) is 8.78. The first-order valence-electron chi connectivity index (χ1n) is 15.7. The number of methoxy groups -OCH3 is 2. The van der Waals surface area contributed by atoms with Crippen LogP contribution in [0.3, 0.4) is 0 Å². The molecular weight excluding hydrogens is 504 g/mol.